The van der Waals surface area contributed by atoms with Crippen LogP contribution in [0, 0.1) is 0 Å². The van der Waals surface area contributed by atoms with Gasteiger partial charge in [0.1, 0.15) is 0 Å². The number of carbonyl (C=O) groups is 2. The number of hydrogen-bond donors (Lipinski definition) is 2. The van der Waals surface area contributed by atoms with Crippen molar-refractivity contribution in [3.63, 3.8) is 0 Å². The van der Waals surface area contributed by atoms with E-state index < -0.39 is 16.7 Å². The van der Waals surface area contributed by atoms with Crippen LogP contribution in [0.5, 0.6) is 0 Å². The Labute approximate surface area is 121 Å². The Morgan fingerprint density at radius 3 is 2.40 bits per heavy atom. The minimum Gasteiger partial charge on any atom is -0.366 e. The lowest BCUT2D eigenvalue weighted by Crippen LogP contribution is -2.32. The van der Waals surface area contributed by atoms with Gasteiger partial charge in [0.25, 0.3) is 5.91 Å². The zero-order valence-corrected chi connectivity index (χ0v) is 12.8. The summed E-state index contributed by atoms with van der Waals surface area (Å²) in [6, 6.07) is 6.19. The van der Waals surface area contributed by atoms with Gasteiger partial charge in [-0.15, -0.1) is 0 Å². The Hall–Kier alpha value is -1.69. The number of nitrogens with two attached hydrogens (primary N) is 1. The normalized spacial score (nSPS) is 12.8. The molecule has 0 spiro atoms. The summed E-state index contributed by atoms with van der Waals surface area (Å²) in [5, 5.41) is 2.68. The first-order valence-corrected chi connectivity index (χ1v) is 7.60. The van der Waals surface area contributed by atoms with Gasteiger partial charge in [0.2, 0.25) is 5.91 Å². The predicted octanol–water partition coefficient (Wildman–Crippen LogP) is 1.06. The molecule has 1 unspecified atom stereocenters. The molecule has 0 aliphatic heterocycles. The zero-order valence-electron chi connectivity index (χ0n) is 11.9. The molecule has 1 aromatic carbocycles. The minimum atomic E-state index is -1.01. The second-order valence-electron chi connectivity index (χ2n) is 5.36. The Balaban J connectivity index is 2.58. The molecule has 0 fully saturated rings. The molecule has 5 nitrogen and oxygen atoms in total. The first kappa shape index (κ1) is 16.4. The minimum absolute atomic E-state index is 0.288. The quantitative estimate of drug-likeness (QED) is 0.851. The molecule has 0 heterocycles. The van der Waals surface area contributed by atoms with Crippen molar-refractivity contribution in [2.75, 3.05) is 12.3 Å². The molecule has 0 radical (unpaired) electrons. The SMILES string of the molecule is CC(C)(C)S(=O)CCNC(=O)c1cccc(C(N)=O)c1. The highest BCUT2D eigenvalue weighted by Gasteiger charge is 2.19. The highest BCUT2D eigenvalue weighted by Crippen LogP contribution is 2.10. The van der Waals surface area contributed by atoms with Crippen LogP contribution in [0.4, 0.5) is 0 Å². The largest absolute Gasteiger partial charge is 0.366 e. The average molecular weight is 296 g/mol. The molecule has 0 saturated carbocycles. The summed E-state index contributed by atoms with van der Waals surface area (Å²) in [7, 11) is -1.01. The molecule has 20 heavy (non-hydrogen) atoms. The highest BCUT2D eigenvalue weighted by molar-refractivity contribution is 7.86. The Bertz CT molecular complexity index is 535. The summed E-state index contributed by atoms with van der Waals surface area (Å²) < 4.78 is 11.5. The summed E-state index contributed by atoms with van der Waals surface area (Å²) in [6.45, 7) is 5.99. The number of primary amides is 1. The molecule has 0 saturated heterocycles. The number of rotatable bonds is 5. The maximum absolute atomic E-state index is 11.9. The second kappa shape index (κ2) is 6.65. The molecule has 1 atom stereocenters. The standard InChI is InChI=1S/C14H20N2O3S/c1-14(2,3)20(19)8-7-16-13(18)11-6-4-5-10(9-11)12(15)17/h4-6,9H,7-8H2,1-3H3,(H2,15,17)(H,16,18). The maximum atomic E-state index is 11.9. The van der Waals surface area contributed by atoms with Crippen LogP contribution in [0.3, 0.4) is 0 Å². The van der Waals surface area contributed by atoms with E-state index in [1.165, 1.54) is 6.07 Å². The van der Waals surface area contributed by atoms with Gasteiger partial charge in [-0.1, -0.05) is 6.07 Å². The van der Waals surface area contributed by atoms with Gasteiger partial charge in [0, 0.05) is 39.0 Å². The second-order valence-corrected chi connectivity index (χ2v) is 7.69. The molecule has 1 aromatic rings. The van der Waals surface area contributed by atoms with Crippen LogP contribution in [0.25, 0.3) is 0 Å². The Morgan fingerprint density at radius 1 is 1.25 bits per heavy atom. The van der Waals surface area contributed by atoms with Crippen LogP contribution >= 0.6 is 0 Å². The van der Waals surface area contributed by atoms with E-state index >= 15 is 0 Å². The van der Waals surface area contributed by atoms with E-state index in [4.69, 9.17) is 5.73 Å². The number of benzene rings is 1. The lowest BCUT2D eigenvalue weighted by atomic mass is 10.1. The van der Waals surface area contributed by atoms with Gasteiger partial charge in [0.05, 0.1) is 0 Å². The van der Waals surface area contributed by atoms with Crippen molar-refractivity contribution in [3.8, 4) is 0 Å². The average Bonchev–Trinajstić information content (AvgIpc) is 2.37. The Kier molecular flexibility index (Phi) is 5.44. The summed E-state index contributed by atoms with van der Waals surface area (Å²) in [5.41, 5.74) is 5.81. The third-order valence-electron chi connectivity index (χ3n) is 2.67. The van der Waals surface area contributed by atoms with Gasteiger partial charge in [-0.2, -0.15) is 0 Å². The molecule has 1 rings (SSSR count). The summed E-state index contributed by atoms with van der Waals surface area (Å²) in [6.07, 6.45) is 0. The highest BCUT2D eigenvalue weighted by atomic mass is 32.2. The van der Waals surface area contributed by atoms with Crippen LogP contribution in [-0.2, 0) is 10.8 Å². The van der Waals surface area contributed by atoms with Crippen LogP contribution in [0.2, 0.25) is 0 Å². The summed E-state index contributed by atoms with van der Waals surface area (Å²) >= 11 is 0. The fourth-order valence-corrected chi connectivity index (χ4v) is 2.38. The number of carbonyl (C=O) groups excluding carboxylic acids is 2. The third kappa shape index (κ3) is 4.77. The molecule has 0 aliphatic carbocycles. The van der Waals surface area contributed by atoms with Gasteiger partial charge in [-0.3, -0.25) is 13.8 Å². The van der Waals surface area contributed by atoms with Gasteiger partial charge < -0.3 is 11.1 Å². The van der Waals surface area contributed by atoms with Crippen molar-refractivity contribution in [2.45, 2.75) is 25.5 Å². The monoisotopic (exact) mass is 296 g/mol. The maximum Gasteiger partial charge on any atom is 0.251 e. The molecule has 0 aliphatic rings. The lowest BCUT2D eigenvalue weighted by molar-refractivity contribution is 0.0956. The number of nitrogens with one attached hydrogen (secondary N) is 1. The van der Waals surface area contributed by atoms with Crippen molar-refractivity contribution < 1.29 is 13.8 Å². The molecule has 6 heteroatoms. The fraction of sp³-hybridized carbons (Fsp3) is 0.429. The molecule has 0 aromatic heterocycles. The van der Waals surface area contributed by atoms with E-state index in [2.05, 4.69) is 5.32 Å². The van der Waals surface area contributed by atoms with E-state index in [1.807, 2.05) is 20.8 Å². The molecule has 2 amide bonds. The topological polar surface area (TPSA) is 89.3 Å². The van der Waals surface area contributed by atoms with E-state index in [-0.39, 0.29) is 16.2 Å². The fourth-order valence-electron chi connectivity index (χ4n) is 1.48. The molecular weight excluding hydrogens is 276 g/mol. The molecular formula is C14H20N2O3S. The van der Waals surface area contributed by atoms with E-state index in [1.54, 1.807) is 18.2 Å². The Morgan fingerprint density at radius 2 is 1.85 bits per heavy atom. The molecule has 0 bridgehead atoms. The third-order valence-corrected chi connectivity index (χ3v) is 4.61. The summed E-state index contributed by atoms with van der Waals surface area (Å²) in [5.74, 6) is -0.488. The van der Waals surface area contributed by atoms with Crippen molar-refractivity contribution in [3.05, 3.63) is 35.4 Å². The number of hydrogen-bond acceptors (Lipinski definition) is 3. The number of amides is 2. The molecule has 110 valence electrons. The van der Waals surface area contributed by atoms with Crippen LogP contribution in [0.1, 0.15) is 41.5 Å². The van der Waals surface area contributed by atoms with Crippen LogP contribution in [-0.4, -0.2) is 33.1 Å². The first-order chi connectivity index (χ1) is 9.21. The van der Waals surface area contributed by atoms with E-state index in [0.29, 0.717) is 17.9 Å². The van der Waals surface area contributed by atoms with Crippen molar-refractivity contribution in [1.29, 1.82) is 0 Å². The zero-order chi connectivity index (χ0) is 15.3. The van der Waals surface area contributed by atoms with E-state index in [0.717, 1.165) is 0 Å². The van der Waals surface area contributed by atoms with Crippen molar-refractivity contribution in [2.24, 2.45) is 5.73 Å². The van der Waals surface area contributed by atoms with E-state index in [9.17, 15) is 13.8 Å². The molecule has 3 N–H and O–H groups in total. The van der Waals surface area contributed by atoms with Gasteiger partial charge in [-0.25, -0.2) is 0 Å². The lowest BCUT2D eigenvalue weighted by Gasteiger charge is -2.17. The van der Waals surface area contributed by atoms with Crippen LogP contribution < -0.4 is 11.1 Å². The van der Waals surface area contributed by atoms with Gasteiger partial charge in [-0.05, 0) is 39.0 Å². The first-order valence-electron chi connectivity index (χ1n) is 6.28. The van der Waals surface area contributed by atoms with Crippen molar-refractivity contribution in [1.82, 2.24) is 5.32 Å². The van der Waals surface area contributed by atoms with Gasteiger partial charge in [0.15, 0.2) is 0 Å². The van der Waals surface area contributed by atoms with Crippen molar-refractivity contribution >= 4 is 22.6 Å². The summed E-state index contributed by atoms with van der Waals surface area (Å²) in [4.78, 5) is 22.9. The predicted molar refractivity (Wildman–Crippen MR) is 80.1 cm³/mol. The van der Waals surface area contributed by atoms with Gasteiger partial charge >= 0.3 is 0 Å². The van der Waals surface area contributed by atoms with Crippen LogP contribution in [0.15, 0.2) is 24.3 Å². The smallest absolute Gasteiger partial charge is 0.251 e.